The van der Waals surface area contributed by atoms with E-state index < -0.39 is 0 Å². The lowest BCUT2D eigenvalue weighted by Gasteiger charge is -2.16. The van der Waals surface area contributed by atoms with Crippen LogP contribution >= 0.6 is 23.4 Å². The lowest BCUT2D eigenvalue weighted by molar-refractivity contribution is -0.113. The van der Waals surface area contributed by atoms with Crippen LogP contribution in [0.25, 0.3) is 0 Å². The molecule has 1 amide bonds. The summed E-state index contributed by atoms with van der Waals surface area (Å²) in [7, 11) is 1.87. The van der Waals surface area contributed by atoms with Gasteiger partial charge in [-0.3, -0.25) is 4.79 Å². The third kappa shape index (κ3) is 5.34. The molecular weight excluding hydrogens is 420 g/mol. The van der Waals surface area contributed by atoms with Crippen LogP contribution in [0.3, 0.4) is 0 Å². The number of nitrogens with zero attached hydrogens (tertiary/aromatic N) is 3. The molecule has 0 aliphatic rings. The van der Waals surface area contributed by atoms with E-state index in [4.69, 9.17) is 16.3 Å². The van der Waals surface area contributed by atoms with Gasteiger partial charge in [0.15, 0.2) is 17.1 Å². The van der Waals surface area contributed by atoms with E-state index in [1.54, 1.807) is 0 Å². The SMILES string of the molecule is Cc1ccc(NC(=O)CSc2nnc(C(C)Oc3cc(C)c(Cl)c(C)c3)n2C)cc1. The smallest absolute Gasteiger partial charge is 0.234 e. The summed E-state index contributed by atoms with van der Waals surface area (Å²) >= 11 is 7.57. The van der Waals surface area contributed by atoms with Gasteiger partial charge in [-0.15, -0.1) is 10.2 Å². The van der Waals surface area contributed by atoms with Crippen LogP contribution in [0, 0.1) is 20.8 Å². The van der Waals surface area contributed by atoms with Crippen LogP contribution in [0.4, 0.5) is 5.69 Å². The average molecular weight is 445 g/mol. The van der Waals surface area contributed by atoms with Crippen molar-refractivity contribution in [1.82, 2.24) is 14.8 Å². The third-order valence-electron chi connectivity index (χ3n) is 4.62. The van der Waals surface area contributed by atoms with Gasteiger partial charge in [0, 0.05) is 17.8 Å². The summed E-state index contributed by atoms with van der Waals surface area (Å²) in [6, 6.07) is 11.5. The maximum absolute atomic E-state index is 12.2. The fourth-order valence-corrected chi connectivity index (χ4v) is 3.83. The van der Waals surface area contributed by atoms with Crippen molar-refractivity contribution >= 4 is 35.0 Å². The number of carbonyl (C=O) groups is 1. The molecule has 1 aromatic heterocycles. The van der Waals surface area contributed by atoms with Crippen molar-refractivity contribution < 1.29 is 9.53 Å². The van der Waals surface area contributed by atoms with Crippen LogP contribution in [0.5, 0.6) is 5.75 Å². The van der Waals surface area contributed by atoms with E-state index in [2.05, 4.69) is 15.5 Å². The molecule has 8 heteroatoms. The first-order valence-corrected chi connectivity index (χ1v) is 10.9. The van der Waals surface area contributed by atoms with Gasteiger partial charge in [-0.05, 0) is 63.1 Å². The summed E-state index contributed by atoms with van der Waals surface area (Å²) in [6.45, 7) is 7.83. The third-order valence-corrected chi connectivity index (χ3v) is 6.24. The molecular formula is C22H25ClN4O2S. The van der Waals surface area contributed by atoms with Crippen molar-refractivity contribution in [2.24, 2.45) is 7.05 Å². The van der Waals surface area contributed by atoms with Crippen molar-refractivity contribution in [2.45, 2.75) is 39.0 Å². The number of nitrogens with one attached hydrogen (secondary N) is 1. The summed E-state index contributed by atoms with van der Waals surface area (Å²) in [4.78, 5) is 12.2. The predicted octanol–water partition coefficient (Wildman–Crippen LogP) is 5.26. The maximum Gasteiger partial charge on any atom is 0.234 e. The zero-order valence-corrected chi connectivity index (χ0v) is 19.3. The summed E-state index contributed by atoms with van der Waals surface area (Å²) < 4.78 is 7.91. The molecule has 0 bridgehead atoms. The minimum absolute atomic E-state index is 0.0928. The number of aromatic nitrogens is 3. The number of anilines is 1. The molecule has 30 heavy (non-hydrogen) atoms. The lowest BCUT2D eigenvalue weighted by Crippen LogP contribution is -2.14. The Balaban J connectivity index is 1.61. The molecule has 3 aromatic rings. The normalized spacial score (nSPS) is 11.9. The number of aryl methyl sites for hydroxylation is 3. The largest absolute Gasteiger partial charge is 0.483 e. The van der Waals surface area contributed by atoms with E-state index in [9.17, 15) is 4.79 Å². The number of carbonyl (C=O) groups excluding carboxylic acids is 1. The summed E-state index contributed by atoms with van der Waals surface area (Å²) in [5.74, 6) is 1.56. The van der Waals surface area contributed by atoms with E-state index in [1.807, 2.05) is 75.7 Å². The van der Waals surface area contributed by atoms with Gasteiger partial charge in [-0.25, -0.2) is 0 Å². The second-order valence-electron chi connectivity index (χ2n) is 7.23. The van der Waals surface area contributed by atoms with Crippen molar-refractivity contribution in [1.29, 1.82) is 0 Å². The van der Waals surface area contributed by atoms with E-state index in [-0.39, 0.29) is 17.8 Å². The highest BCUT2D eigenvalue weighted by Gasteiger charge is 2.18. The molecule has 1 heterocycles. The second-order valence-corrected chi connectivity index (χ2v) is 8.55. The summed E-state index contributed by atoms with van der Waals surface area (Å²) in [5.41, 5.74) is 3.86. The molecule has 0 saturated carbocycles. The van der Waals surface area contributed by atoms with Gasteiger partial charge in [0.1, 0.15) is 5.75 Å². The van der Waals surface area contributed by atoms with Crippen LogP contribution in [-0.4, -0.2) is 26.4 Å². The Bertz CT molecular complexity index is 1030. The van der Waals surface area contributed by atoms with Crippen molar-refractivity contribution in [3.8, 4) is 5.75 Å². The van der Waals surface area contributed by atoms with Gasteiger partial charge in [-0.2, -0.15) is 0 Å². The van der Waals surface area contributed by atoms with Gasteiger partial charge in [0.05, 0.1) is 5.75 Å². The van der Waals surface area contributed by atoms with Crippen LogP contribution in [0.1, 0.15) is 35.5 Å². The maximum atomic E-state index is 12.2. The quantitative estimate of drug-likeness (QED) is 0.503. The first-order valence-electron chi connectivity index (χ1n) is 9.56. The minimum Gasteiger partial charge on any atom is -0.483 e. The number of ether oxygens (including phenoxy) is 1. The number of amides is 1. The summed E-state index contributed by atoms with van der Waals surface area (Å²) in [6.07, 6.45) is -0.307. The predicted molar refractivity (Wildman–Crippen MR) is 122 cm³/mol. The molecule has 0 fully saturated rings. The van der Waals surface area contributed by atoms with Crippen LogP contribution in [-0.2, 0) is 11.8 Å². The first kappa shape index (κ1) is 22.2. The fraction of sp³-hybridized carbons (Fsp3) is 0.318. The zero-order chi connectivity index (χ0) is 21.8. The molecule has 1 N–H and O–H groups in total. The van der Waals surface area contributed by atoms with Gasteiger partial charge < -0.3 is 14.6 Å². The van der Waals surface area contributed by atoms with Crippen LogP contribution < -0.4 is 10.1 Å². The highest BCUT2D eigenvalue weighted by atomic mass is 35.5. The molecule has 1 atom stereocenters. The topological polar surface area (TPSA) is 69.0 Å². The molecule has 3 rings (SSSR count). The number of benzene rings is 2. The summed E-state index contributed by atoms with van der Waals surface area (Å²) in [5, 5.41) is 12.8. The van der Waals surface area contributed by atoms with Gasteiger partial charge in [0.2, 0.25) is 5.91 Å². The average Bonchev–Trinajstić information content (AvgIpc) is 3.07. The Morgan fingerprint density at radius 1 is 1.17 bits per heavy atom. The van der Waals surface area contributed by atoms with E-state index >= 15 is 0 Å². The van der Waals surface area contributed by atoms with Crippen LogP contribution in [0.2, 0.25) is 5.02 Å². The number of rotatable bonds is 7. The number of halogens is 1. The Morgan fingerprint density at radius 2 is 1.80 bits per heavy atom. The van der Waals surface area contributed by atoms with Gasteiger partial charge in [-0.1, -0.05) is 41.1 Å². The molecule has 0 spiro atoms. The van der Waals surface area contributed by atoms with Crippen molar-refractivity contribution in [2.75, 3.05) is 11.1 Å². The Hall–Kier alpha value is -2.51. The molecule has 6 nitrogen and oxygen atoms in total. The highest BCUT2D eigenvalue weighted by molar-refractivity contribution is 7.99. The van der Waals surface area contributed by atoms with E-state index in [0.29, 0.717) is 11.0 Å². The van der Waals surface area contributed by atoms with E-state index in [1.165, 1.54) is 11.8 Å². The molecule has 0 saturated heterocycles. The Kier molecular flexibility index (Phi) is 7.05. The van der Waals surface area contributed by atoms with Gasteiger partial charge in [0.25, 0.3) is 0 Å². The fourth-order valence-electron chi connectivity index (χ4n) is 3.00. The Labute approximate surface area is 186 Å². The second kappa shape index (κ2) is 9.53. The molecule has 2 aromatic carbocycles. The molecule has 0 aliphatic heterocycles. The van der Waals surface area contributed by atoms with Crippen LogP contribution in [0.15, 0.2) is 41.6 Å². The monoisotopic (exact) mass is 444 g/mol. The minimum atomic E-state index is -0.307. The number of hydrogen-bond donors (Lipinski definition) is 1. The van der Waals surface area contributed by atoms with Crippen molar-refractivity contribution in [3.05, 3.63) is 63.9 Å². The van der Waals surface area contributed by atoms with Crippen molar-refractivity contribution in [3.63, 3.8) is 0 Å². The zero-order valence-electron chi connectivity index (χ0n) is 17.7. The number of thioether (sulfide) groups is 1. The standard InChI is InChI=1S/C22H25ClN4O2S/c1-13-6-8-17(9-7-13)24-19(28)12-30-22-26-25-21(27(22)5)16(4)29-18-10-14(2)20(23)15(3)11-18/h6-11,16H,12H2,1-5H3,(H,24,28). The lowest BCUT2D eigenvalue weighted by atomic mass is 10.1. The van der Waals surface area contributed by atoms with Gasteiger partial charge >= 0.3 is 0 Å². The Morgan fingerprint density at radius 3 is 2.43 bits per heavy atom. The molecule has 158 valence electrons. The highest BCUT2D eigenvalue weighted by Crippen LogP contribution is 2.29. The van der Waals surface area contributed by atoms with E-state index in [0.717, 1.165) is 33.1 Å². The molecule has 0 aliphatic carbocycles. The molecule has 0 radical (unpaired) electrons. The molecule has 1 unspecified atom stereocenters. The first-order chi connectivity index (χ1) is 14.2. The number of hydrogen-bond acceptors (Lipinski definition) is 5.